The van der Waals surface area contributed by atoms with E-state index in [1.165, 1.54) is 5.56 Å². The Balaban J connectivity index is 2.70. The third-order valence-corrected chi connectivity index (χ3v) is 2.33. The lowest BCUT2D eigenvalue weighted by molar-refractivity contribution is 0.554. The lowest BCUT2D eigenvalue weighted by Crippen LogP contribution is -2.20. The summed E-state index contributed by atoms with van der Waals surface area (Å²) in [5, 5.41) is 3.45. The standard InChI is InChI=1S/C15H22N2/c1-5-17-14(7-6-10-15(2,3)4)13-8-11-16-12-9-13/h8-9,11-12,14,17H,5,7H2,1-4H3. The second kappa shape index (κ2) is 6.42. The lowest BCUT2D eigenvalue weighted by atomic mass is 9.97. The fourth-order valence-corrected chi connectivity index (χ4v) is 1.57. The predicted molar refractivity (Wildman–Crippen MR) is 72.5 cm³/mol. The SMILES string of the molecule is CCNC(CC#CC(C)(C)C)c1ccncc1. The smallest absolute Gasteiger partial charge is 0.0431 e. The van der Waals surface area contributed by atoms with Crippen LogP contribution in [0.2, 0.25) is 0 Å². The van der Waals surface area contributed by atoms with Gasteiger partial charge in [-0.1, -0.05) is 12.8 Å². The zero-order chi connectivity index (χ0) is 12.7. The summed E-state index contributed by atoms with van der Waals surface area (Å²) in [4.78, 5) is 4.04. The molecule has 17 heavy (non-hydrogen) atoms. The molecule has 1 atom stereocenters. The summed E-state index contributed by atoms with van der Waals surface area (Å²) in [6.07, 6.45) is 4.50. The Morgan fingerprint density at radius 1 is 1.29 bits per heavy atom. The topological polar surface area (TPSA) is 24.9 Å². The Kier molecular flexibility index (Phi) is 5.18. The molecule has 0 bridgehead atoms. The fourth-order valence-electron chi connectivity index (χ4n) is 1.57. The second-order valence-corrected chi connectivity index (χ2v) is 5.15. The quantitative estimate of drug-likeness (QED) is 0.804. The number of nitrogens with zero attached hydrogens (tertiary/aromatic N) is 1. The van der Waals surface area contributed by atoms with Crippen LogP contribution in [-0.2, 0) is 0 Å². The highest BCUT2D eigenvalue weighted by molar-refractivity contribution is 5.18. The van der Waals surface area contributed by atoms with Crippen LogP contribution in [0.25, 0.3) is 0 Å². The van der Waals surface area contributed by atoms with E-state index >= 15 is 0 Å². The average molecular weight is 230 g/mol. The molecule has 1 aromatic rings. The highest BCUT2D eigenvalue weighted by Crippen LogP contribution is 2.16. The summed E-state index contributed by atoms with van der Waals surface area (Å²) >= 11 is 0. The molecule has 0 aliphatic rings. The Morgan fingerprint density at radius 3 is 2.47 bits per heavy atom. The molecule has 92 valence electrons. The van der Waals surface area contributed by atoms with Crippen molar-refractivity contribution in [2.24, 2.45) is 5.41 Å². The molecule has 0 aromatic carbocycles. The van der Waals surface area contributed by atoms with Crippen LogP contribution in [-0.4, -0.2) is 11.5 Å². The van der Waals surface area contributed by atoms with E-state index < -0.39 is 0 Å². The largest absolute Gasteiger partial charge is 0.309 e. The number of aromatic nitrogens is 1. The van der Waals surface area contributed by atoms with E-state index in [0.29, 0.717) is 6.04 Å². The molecule has 0 saturated heterocycles. The minimum absolute atomic E-state index is 0.0784. The van der Waals surface area contributed by atoms with E-state index in [9.17, 15) is 0 Å². The lowest BCUT2D eigenvalue weighted by Gasteiger charge is -2.15. The van der Waals surface area contributed by atoms with Gasteiger partial charge in [-0.3, -0.25) is 4.98 Å². The van der Waals surface area contributed by atoms with Gasteiger partial charge < -0.3 is 5.32 Å². The first-order valence-electron chi connectivity index (χ1n) is 6.16. The molecule has 0 aliphatic carbocycles. The van der Waals surface area contributed by atoms with Crippen molar-refractivity contribution in [2.45, 2.75) is 40.2 Å². The molecule has 0 radical (unpaired) electrons. The summed E-state index contributed by atoms with van der Waals surface area (Å²) in [5.41, 5.74) is 1.33. The van der Waals surface area contributed by atoms with E-state index in [-0.39, 0.29) is 5.41 Å². The van der Waals surface area contributed by atoms with Crippen LogP contribution < -0.4 is 5.32 Å². The molecule has 1 heterocycles. The van der Waals surface area contributed by atoms with Gasteiger partial charge >= 0.3 is 0 Å². The predicted octanol–water partition coefficient (Wildman–Crippen LogP) is 3.17. The molecule has 1 N–H and O–H groups in total. The zero-order valence-electron chi connectivity index (χ0n) is 11.2. The average Bonchev–Trinajstić information content (AvgIpc) is 2.27. The van der Waals surface area contributed by atoms with Crippen molar-refractivity contribution in [3.8, 4) is 11.8 Å². The zero-order valence-corrected chi connectivity index (χ0v) is 11.2. The third-order valence-electron chi connectivity index (χ3n) is 2.33. The molecule has 0 aliphatic heterocycles. The van der Waals surface area contributed by atoms with E-state index in [1.807, 2.05) is 24.5 Å². The van der Waals surface area contributed by atoms with Gasteiger partial charge in [-0.05, 0) is 45.0 Å². The summed E-state index contributed by atoms with van der Waals surface area (Å²) in [7, 11) is 0. The van der Waals surface area contributed by atoms with Gasteiger partial charge in [-0.15, -0.1) is 5.92 Å². The maximum atomic E-state index is 4.04. The highest BCUT2D eigenvalue weighted by Gasteiger charge is 2.09. The minimum atomic E-state index is 0.0784. The van der Waals surface area contributed by atoms with Gasteiger partial charge in [0.1, 0.15) is 0 Å². The molecule has 2 nitrogen and oxygen atoms in total. The maximum absolute atomic E-state index is 4.04. The second-order valence-electron chi connectivity index (χ2n) is 5.15. The van der Waals surface area contributed by atoms with E-state index in [1.54, 1.807) is 0 Å². The molecular weight excluding hydrogens is 208 g/mol. The van der Waals surface area contributed by atoms with Crippen LogP contribution >= 0.6 is 0 Å². The fraction of sp³-hybridized carbons (Fsp3) is 0.533. The van der Waals surface area contributed by atoms with Gasteiger partial charge in [-0.25, -0.2) is 0 Å². The minimum Gasteiger partial charge on any atom is -0.309 e. The molecule has 0 spiro atoms. The molecule has 0 amide bonds. The Hall–Kier alpha value is -1.33. The van der Waals surface area contributed by atoms with Gasteiger partial charge in [0.15, 0.2) is 0 Å². The summed E-state index contributed by atoms with van der Waals surface area (Å²) in [6.45, 7) is 9.47. The third kappa shape index (κ3) is 5.51. The Bertz CT molecular complexity index is 379. The number of pyridine rings is 1. The summed E-state index contributed by atoms with van der Waals surface area (Å²) in [6, 6.07) is 4.40. The van der Waals surface area contributed by atoms with Crippen LogP contribution in [0.4, 0.5) is 0 Å². The maximum Gasteiger partial charge on any atom is 0.0431 e. The van der Waals surface area contributed by atoms with E-state index in [0.717, 1.165) is 13.0 Å². The van der Waals surface area contributed by atoms with E-state index in [2.05, 4.69) is 49.8 Å². The molecule has 1 aromatic heterocycles. The normalized spacial score (nSPS) is 12.7. The van der Waals surface area contributed by atoms with Gasteiger partial charge in [0.25, 0.3) is 0 Å². The molecule has 0 saturated carbocycles. The van der Waals surface area contributed by atoms with Crippen molar-refractivity contribution >= 4 is 0 Å². The molecule has 1 rings (SSSR count). The first-order chi connectivity index (χ1) is 8.03. The molecule has 0 fully saturated rings. The first kappa shape index (κ1) is 13.7. The molecule has 1 unspecified atom stereocenters. The van der Waals surface area contributed by atoms with Gasteiger partial charge in [0.2, 0.25) is 0 Å². The van der Waals surface area contributed by atoms with Gasteiger partial charge in [0.05, 0.1) is 0 Å². The molecule has 2 heteroatoms. The number of hydrogen-bond acceptors (Lipinski definition) is 2. The van der Waals surface area contributed by atoms with Crippen LogP contribution in [0, 0.1) is 17.3 Å². The van der Waals surface area contributed by atoms with Crippen LogP contribution in [0.15, 0.2) is 24.5 Å². The van der Waals surface area contributed by atoms with Crippen LogP contribution in [0.5, 0.6) is 0 Å². The first-order valence-corrected chi connectivity index (χ1v) is 6.16. The van der Waals surface area contributed by atoms with Crippen molar-refractivity contribution in [3.05, 3.63) is 30.1 Å². The van der Waals surface area contributed by atoms with Gasteiger partial charge in [0, 0.05) is 30.3 Å². The molecular formula is C15H22N2. The number of nitrogens with one attached hydrogen (secondary N) is 1. The van der Waals surface area contributed by atoms with Crippen LogP contribution in [0.1, 0.15) is 45.7 Å². The van der Waals surface area contributed by atoms with Gasteiger partial charge in [-0.2, -0.15) is 0 Å². The number of hydrogen-bond donors (Lipinski definition) is 1. The van der Waals surface area contributed by atoms with Crippen molar-refractivity contribution in [3.63, 3.8) is 0 Å². The van der Waals surface area contributed by atoms with Crippen molar-refractivity contribution in [1.29, 1.82) is 0 Å². The monoisotopic (exact) mass is 230 g/mol. The van der Waals surface area contributed by atoms with Crippen molar-refractivity contribution in [2.75, 3.05) is 6.54 Å². The summed E-state index contributed by atoms with van der Waals surface area (Å²) < 4.78 is 0. The van der Waals surface area contributed by atoms with E-state index in [4.69, 9.17) is 0 Å². The van der Waals surface area contributed by atoms with Crippen LogP contribution in [0.3, 0.4) is 0 Å². The van der Waals surface area contributed by atoms with Crippen molar-refractivity contribution < 1.29 is 0 Å². The highest BCUT2D eigenvalue weighted by atomic mass is 14.9. The number of rotatable bonds is 4. The van der Waals surface area contributed by atoms with Crippen molar-refractivity contribution in [1.82, 2.24) is 10.3 Å². The Morgan fingerprint density at radius 2 is 1.94 bits per heavy atom. The Labute approximate surface area is 105 Å². The summed E-state index contributed by atoms with van der Waals surface area (Å²) in [5.74, 6) is 6.55.